The van der Waals surface area contributed by atoms with E-state index in [2.05, 4.69) is 0 Å². The number of esters is 1. The third kappa shape index (κ3) is 7.02. The van der Waals surface area contributed by atoms with E-state index in [-0.39, 0.29) is 19.1 Å². The minimum Gasteiger partial charge on any atom is -0.464 e. The molecule has 2 rings (SSSR count). The maximum absolute atomic E-state index is 12.5. The van der Waals surface area contributed by atoms with Crippen molar-refractivity contribution in [2.24, 2.45) is 0 Å². The summed E-state index contributed by atoms with van der Waals surface area (Å²) in [5.74, 6) is -0.864. The second-order valence-electron chi connectivity index (χ2n) is 5.81. The van der Waals surface area contributed by atoms with E-state index in [0.717, 1.165) is 17.3 Å². The lowest BCUT2D eigenvalue weighted by Gasteiger charge is -2.26. The van der Waals surface area contributed by atoms with Crippen LogP contribution in [0.1, 0.15) is 12.5 Å². The lowest BCUT2D eigenvalue weighted by molar-refractivity contribution is -0.151. The van der Waals surface area contributed by atoms with Crippen molar-refractivity contribution in [1.29, 1.82) is 0 Å². The third-order valence-corrected chi connectivity index (χ3v) is 5.33. The fraction of sp³-hybridized carbons (Fsp3) is 0.300. The topological polar surface area (TPSA) is 55.8 Å². The quantitative estimate of drug-likeness (QED) is 0.322. The molecule has 1 unspecified atom stereocenters. The Balaban J connectivity index is 2.04. The molecule has 2 aromatic carbocycles. The van der Waals surface area contributed by atoms with Crippen molar-refractivity contribution in [1.82, 2.24) is 4.90 Å². The highest BCUT2D eigenvalue weighted by molar-refractivity contribution is 8.00. The fourth-order valence-electron chi connectivity index (χ4n) is 2.29. The van der Waals surface area contributed by atoms with Crippen LogP contribution in [0.5, 0.6) is 0 Å². The van der Waals surface area contributed by atoms with Gasteiger partial charge in [0.05, 0.1) is 13.2 Å². The largest absolute Gasteiger partial charge is 0.464 e. The molecule has 2 aromatic rings. The Morgan fingerprint density at radius 3 is 2.36 bits per heavy atom. The first-order valence-corrected chi connectivity index (χ1v) is 10.2. The lowest BCUT2D eigenvalue weighted by Crippen LogP contribution is -2.42. The molecule has 0 bridgehead atoms. The van der Waals surface area contributed by atoms with Crippen LogP contribution in [0.15, 0.2) is 53.4 Å². The standard InChI is InChI=1S/C20H21Cl2NO4S/c1-3-27-20(25)19(28-17-10-15(21)9-16(22)11-17)23(2)18(24)13-26-12-14-7-5-4-6-8-14/h4-11,19H,3,12-13H2,1-2H3. The Morgan fingerprint density at radius 1 is 1.11 bits per heavy atom. The number of amides is 1. The van der Waals surface area contributed by atoms with Crippen molar-refractivity contribution in [2.45, 2.75) is 23.8 Å². The summed E-state index contributed by atoms with van der Waals surface area (Å²) in [6.45, 7) is 2.07. The Kier molecular flexibility index (Phi) is 9.12. The van der Waals surface area contributed by atoms with Gasteiger partial charge in [0, 0.05) is 22.0 Å². The predicted molar refractivity (Wildman–Crippen MR) is 112 cm³/mol. The van der Waals surface area contributed by atoms with Crippen molar-refractivity contribution in [3.8, 4) is 0 Å². The summed E-state index contributed by atoms with van der Waals surface area (Å²) >= 11 is 13.2. The average Bonchev–Trinajstić information content (AvgIpc) is 2.65. The first-order valence-electron chi connectivity index (χ1n) is 8.57. The number of rotatable bonds is 9. The second-order valence-corrected chi connectivity index (χ2v) is 7.84. The molecule has 0 aliphatic carbocycles. The number of thioether (sulfide) groups is 1. The highest BCUT2D eigenvalue weighted by atomic mass is 35.5. The minimum absolute atomic E-state index is 0.155. The first kappa shape index (κ1) is 22.6. The number of hydrogen-bond donors (Lipinski definition) is 0. The van der Waals surface area contributed by atoms with Gasteiger partial charge < -0.3 is 14.4 Å². The third-order valence-electron chi connectivity index (χ3n) is 3.65. The van der Waals surface area contributed by atoms with Crippen LogP contribution < -0.4 is 0 Å². The highest BCUT2D eigenvalue weighted by Gasteiger charge is 2.29. The van der Waals surface area contributed by atoms with Gasteiger partial charge in [-0.05, 0) is 30.7 Å². The Morgan fingerprint density at radius 2 is 1.75 bits per heavy atom. The van der Waals surface area contributed by atoms with E-state index in [9.17, 15) is 9.59 Å². The van der Waals surface area contributed by atoms with Gasteiger partial charge >= 0.3 is 5.97 Å². The molecule has 0 fully saturated rings. The van der Waals surface area contributed by atoms with E-state index >= 15 is 0 Å². The van der Waals surface area contributed by atoms with E-state index in [1.165, 1.54) is 11.9 Å². The maximum atomic E-state index is 12.5. The van der Waals surface area contributed by atoms with Crippen LogP contribution in [0.3, 0.4) is 0 Å². The average molecular weight is 442 g/mol. The summed E-state index contributed by atoms with van der Waals surface area (Å²) in [5.41, 5.74) is 0.961. The summed E-state index contributed by atoms with van der Waals surface area (Å²) in [6.07, 6.45) is 0. The number of likely N-dealkylation sites (N-methyl/N-ethyl adjacent to an activating group) is 1. The van der Waals surface area contributed by atoms with Crippen molar-refractivity contribution in [3.63, 3.8) is 0 Å². The summed E-state index contributed by atoms with van der Waals surface area (Å²) in [6, 6.07) is 14.5. The molecule has 0 saturated heterocycles. The van der Waals surface area contributed by atoms with Crippen LogP contribution in [0.4, 0.5) is 0 Å². The number of benzene rings is 2. The summed E-state index contributed by atoms with van der Waals surface area (Å²) < 4.78 is 10.6. The van der Waals surface area contributed by atoms with E-state index in [4.69, 9.17) is 32.7 Å². The molecule has 0 N–H and O–H groups in total. The molecule has 1 atom stereocenters. The van der Waals surface area contributed by atoms with Crippen molar-refractivity contribution >= 4 is 46.8 Å². The first-order chi connectivity index (χ1) is 13.4. The van der Waals surface area contributed by atoms with E-state index in [1.54, 1.807) is 25.1 Å². The summed E-state index contributed by atoms with van der Waals surface area (Å²) in [5, 5.41) is -0.00197. The number of hydrogen-bond acceptors (Lipinski definition) is 5. The second kappa shape index (κ2) is 11.3. The summed E-state index contributed by atoms with van der Waals surface area (Å²) in [4.78, 5) is 26.9. The van der Waals surface area contributed by atoms with Gasteiger partial charge in [-0.2, -0.15) is 0 Å². The maximum Gasteiger partial charge on any atom is 0.339 e. The van der Waals surface area contributed by atoms with Gasteiger partial charge in [0.15, 0.2) is 5.37 Å². The molecule has 0 aliphatic heterocycles. The molecular weight excluding hydrogens is 421 g/mol. The number of ether oxygens (including phenoxy) is 2. The highest BCUT2D eigenvalue weighted by Crippen LogP contribution is 2.31. The molecule has 0 aromatic heterocycles. The molecule has 5 nitrogen and oxygen atoms in total. The number of halogens is 2. The molecule has 1 amide bonds. The van der Waals surface area contributed by atoms with E-state index < -0.39 is 11.3 Å². The van der Waals surface area contributed by atoms with Crippen LogP contribution in [-0.2, 0) is 25.7 Å². The van der Waals surface area contributed by atoms with Crippen LogP contribution in [-0.4, -0.2) is 42.4 Å². The van der Waals surface area contributed by atoms with Crippen LogP contribution >= 0.6 is 35.0 Å². The normalized spacial score (nSPS) is 11.7. The molecule has 28 heavy (non-hydrogen) atoms. The molecule has 0 aliphatic rings. The zero-order chi connectivity index (χ0) is 20.5. The SMILES string of the molecule is CCOC(=O)C(Sc1cc(Cl)cc(Cl)c1)N(C)C(=O)COCc1ccccc1. The Hall–Kier alpha value is -1.73. The molecule has 0 heterocycles. The van der Waals surface area contributed by atoms with Gasteiger partial charge in [0.25, 0.3) is 0 Å². The lowest BCUT2D eigenvalue weighted by atomic mass is 10.2. The van der Waals surface area contributed by atoms with Gasteiger partial charge in [-0.3, -0.25) is 4.79 Å². The van der Waals surface area contributed by atoms with Gasteiger partial charge in [0.1, 0.15) is 6.61 Å². The Bertz CT molecular complexity index is 784. The van der Waals surface area contributed by atoms with Gasteiger partial charge in [-0.1, -0.05) is 65.3 Å². The predicted octanol–water partition coefficient (Wildman–Crippen LogP) is 4.65. The number of nitrogens with zero attached hydrogens (tertiary/aromatic N) is 1. The molecular formula is C20H21Cl2NO4S. The fourth-order valence-corrected chi connectivity index (χ4v) is 4.03. The zero-order valence-corrected chi connectivity index (χ0v) is 17.9. The van der Waals surface area contributed by atoms with Crippen LogP contribution in [0, 0.1) is 0 Å². The van der Waals surface area contributed by atoms with E-state index in [0.29, 0.717) is 21.5 Å². The van der Waals surface area contributed by atoms with E-state index in [1.807, 2.05) is 30.3 Å². The van der Waals surface area contributed by atoms with Crippen molar-refractivity contribution in [3.05, 3.63) is 64.1 Å². The monoisotopic (exact) mass is 441 g/mol. The van der Waals surface area contributed by atoms with Gasteiger partial charge in [-0.25, -0.2) is 4.79 Å². The number of carbonyl (C=O) groups is 2. The van der Waals surface area contributed by atoms with Gasteiger partial charge in [-0.15, -0.1) is 0 Å². The van der Waals surface area contributed by atoms with Crippen molar-refractivity contribution in [2.75, 3.05) is 20.3 Å². The van der Waals surface area contributed by atoms with Crippen molar-refractivity contribution < 1.29 is 19.1 Å². The molecule has 150 valence electrons. The van der Waals surface area contributed by atoms with Crippen LogP contribution in [0.25, 0.3) is 0 Å². The summed E-state index contributed by atoms with van der Waals surface area (Å²) in [7, 11) is 1.54. The van der Waals surface area contributed by atoms with Gasteiger partial charge in [0.2, 0.25) is 5.91 Å². The smallest absolute Gasteiger partial charge is 0.339 e. The number of carbonyl (C=O) groups excluding carboxylic acids is 2. The molecule has 0 saturated carbocycles. The zero-order valence-electron chi connectivity index (χ0n) is 15.6. The Labute approximate surface area is 178 Å². The molecule has 8 heteroatoms. The minimum atomic E-state index is -0.887. The molecule has 0 spiro atoms. The van der Waals surface area contributed by atoms with Crippen LogP contribution in [0.2, 0.25) is 10.0 Å². The molecule has 0 radical (unpaired) electrons.